The Morgan fingerprint density at radius 2 is 1.78 bits per heavy atom. The minimum Gasteiger partial charge on any atom is -0.369 e. The van der Waals surface area contributed by atoms with E-state index in [0.29, 0.717) is 49.8 Å². The summed E-state index contributed by atoms with van der Waals surface area (Å²) in [6, 6.07) is 5.66. The highest BCUT2D eigenvalue weighted by Gasteiger charge is 2.30. The Kier molecular flexibility index (Phi) is 8.15. The number of hydrogen-bond donors (Lipinski definition) is 1. The molecule has 0 aromatic heterocycles. The smallest absolute Gasteiger partial charge is 0.256 e. The van der Waals surface area contributed by atoms with Gasteiger partial charge in [-0.3, -0.25) is 14.4 Å². The van der Waals surface area contributed by atoms with Crippen molar-refractivity contribution in [2.24, 2.45) is 11.8 Å². The number of amides is 3. The van der Waals surface area contributed by atoms with Gasteiger partial charge >= 0.3 is 0 Å². The maximum Gasteiger partial charge on any atom is 0.256 e. The summed E-state index contributed by atoms with van der Waals surface area (Å²) in [6.07, 6.45) is 3.31. The molecule has 0 unspecified atom stereocenters. The fraction of sp³-hybridized carbons (Fsp3) is 0.640. The largest absolute Gasteiger partial charge is 0.369 e. The minimum atomic E-state index is -0.0236. The zero-order chi connectivity index (χ0) is 23.3. The molecule has 1 saturated heterocycles. The molecular weight excluding hydrogens is 404 g/mol. The first-order chi connectivity index (χ1) is 15.3. The van der Waals surface area contributed by atoms with Gasteiger partial charge in [0, 0.05) is 63.0 Å². The summed E-state index contributed by atoms with van der Waals surface area (Å²) in [7, 11) is 0. The zero-order valence-electron chi connectivity index (χ0n) is 20.0. The van der Waals surface area contributed by atoms with Crippen LogP contribution in [-0.2, 0) is 9.59 Å². The van der Waals surface area contributed by atoms with E-state index in [1.165, 1.54) is 0 Å². The molecule has 2 aliphatic rings. The molecule has 32 heavy (non-hydrogen) atoms. The Bertz CT molecular complexity index is 830. The first-order valence-electron chi connectivity index (χ1n) is 12.1. The predicted molar refractivity (Wildman–Crippen MR) is 128 cm³/mol. The second-order valence-corrected chi connectivity index (χ2v) is 9.29. The zero-order valence-corrected chi connectivity index (χ0v) is 20.0. The van der Waals surface area contributed by atoms with Gasteiger partial charge in [-0.25, -0.2) is 0 Å². The van der Waals surface area contributed by atoms with Crippen LogP contribution in [0.3, 0.4) is 0 Å². The monoisotopic (exact) mass is 442 g/mol. The maximum atomic E-state index is 13.4. The number of carbonyl (C=O) groups excluding carboxylic acids is 3. The van der Waals surface area contributed by atoms with Crippen molar-refractivity contribution in [2.45, 2.75) is 53.4 Å². The third-order valence-corrected chi connectivity index (χ3v) is 6.27. The predicted octanol–water partition coefficient (Wildman–Crippen LogP) is 3.60. The summed E-state index contributed by atoms with van der Waals surface area (Å²) >= 11 is 0. The van der Waals surface area contributed by atoms with Crippen LogP contribution >= 0.6 is 0 Å². The molecule has 1 saturated carbocycles. The van der Waals surface area contributed by atoms with Gasteiger partial charge in [-0.15, -0.1) is 0 Å². The number of anilines is 2. The van der Waals surface area contributed by atoms with Crippen LogP contribution < -0.4 is 10.2 Å². The van der Waals surface area contributed by atoms with Crippen molar-refractivity contribution >= 4 is 29.1 Å². The van der Waals surface area contributed by atoms with Gasteiger partial charge in [-0.1, -0.05) is 13.8 Å². The fourth-order valence-corrected chi connectivity index (χ4v) is 4.22. The summed E-state index contributed by atoms with van der Waals surface area (Å²) in [4.78, 5) is 44.1. The van der Waals surface area contributed by atoms with Crippen LogP contribution in [0, 0.1) is 11.8 Å². The summed E-state index contributed by atoms with van der Waals surface area (Å²) in [5, 5.41) is 2.98. The molecule has 0 radical (unpaired) electrons. The van der Waals surface area contributed by atoms with Gasteiger partial charge in [-0.05, 0) is 57.2 Å². The van der Waals surface area contributed by atoms with Crippen molar-refractivity contribution in [3.63, 3.8) is 0 Å². The lowest BCUT2D eigenvalue weighted by Gasteiger charge is -2.28. The molecule has 2 fully saturated rings. The molecule has 7 heteroatoms. The molecule has 3 rings (SSSR count). The maximum absolute atomic E-state index is 13.4. The number of rotatable bonds is 8. The molecule has 1 aromatic carbocycles. The molecule has 0 atom stereocenters. The van der Waals surface area contributed by atoms with Crippen molar-refractivity contribution in [3.05, 3.63) is 23.8 Å². The summed E-state index contributed by atoms with van der Waals surface area (Å²) in [5.41, 5.74) is 2.17. The van der Waals surface area contributed by atoms with Gasteiger partial charge in [0.1, 0.15) is 0 Å². The van der Waals surface area contributed by atoms with Gasteiger partial charge in [0.25, 0.3) is 5.91 Å². The van der Waals surface area contributed by atoms with Gasteiger partial charge < -0.3 is 20.0 Å². The van der Waals surface area contributed by atoms with Crippen LogP contribution in [0.1, 0.15) is 63.7 Å². The SMILES string of the molecule is CCN(CC)C(=O)c1cc(NC(=O)C2CC2)ccc1N1CCCN(C(=O)CC(C)C)CC1. The van der Waals surface area contributed by atoms with Crippen molar-refractivity contribution < 1.29 is 14.4 Å². The highest BCUT2D eigenvalue weighted by atomic mass is 16.2. The molecule has 1 heterocycles. The van der Waals surface area contributed by atoms with Crippen LogP contribution in [0.15, 0.2) is 18.2 Å². The first-order valence-corrected chi connectivity index (χ1v) is 12.1. The van der Waals surface area contributed by atoms with Crippen LogP contribution in [0.4, 0.5) is 11.4 Å². The van der Waals surface area contributed by atoms with Crippen LogP contribution in [-0.4, -0.2) is 66.8 Å². The second kappa shape index (κ2) is 10.8. The van der Waals surface area contributed by atoms with E-state index in [4.69, 9.17) is 0 Å². The van der Waals surface area contributed by atoms with Gasteiger partial charge in [0.15, 0.2) is 0 Å². The topological polar surface area (TPSA) is 73.0 Å². The van der Waals surface area contributed by atoms with E-state index in [1.807, 2.05) is 41.8 Å². The average Bonchev–Trinajstić information content (AvgIpc) is 3.61. The van der Waals surface area contributed by atoms with E-state index in [0.717, 1.165) is 38.0 Å². The molecule has 0 bridgehead atoms. The summed E-state index contributed by atoms with van der Waals surface area (Å²) < 4.78 is 0. The third-order valence-electron chi connectivity index (χ3n) is 6.27. The number of carbonyl (C=O) groups is 3. The third kappa shape index (κ3) is 6.02. The molecule has 1 aliphatic heterocycles. The Morgan fingerprint density at radius 3 is 2.41 bits per heavy atom. The summed E-state index contributed by atoms with van der Waals surface area (Å²) in [5.74, 6) is 0.673. The lowest BCUT2D eigenvalue weighted by atomic mass is 10.1. The van der Waals surface area contributed by atoms with Crippen molar-refractivity contribution in [1.82, 2.24) is 9.80 Å². The lowest BCUT2D eigenvalue weighted by molar-refractivity contribution is -0.131. The number of nitrogens with one attached hydrogen (secondary N) is 1. The second-order valence-electron chi connectivity index (χ2n) is 9.29. The molecule has 0 spiro atoms. The normalized spacial score (nSPS) is 16.7. The molecule has 1 N–H and O–H groups in total. The molecular formula is C25H38N4O3. The highest BCUT2D eigenvalue weighted by Crippen LogP contribution is 2.32. The number of nitrogens with zero attached hydrogens (tertiary/aromatic N) is 3. The van der Waals surface area contributed by atoms with Crippen molar-refractivity contribution in [1.29, 1.82) is 0 Å². The summed E-state index contributed by atoms with van der Waals surface area (Å²) in [6.45, 7) is 12.2. The molecule has 3 amide bonds. The highest BCUT2D eigenvalue weighted by molar-refractivity contribution is 6.02. The van der Waals surface area contributed by atoms with E-state index in [9.17, 15) is 14.4 Å². The van der Waals surface area contributed by atoms with E-state index in [2.05, 4.69) is 24.1 Å². The van der Waals surface area contributed by atoms with E-state index >= 15 is 0 Å². The standard InChI is InChI=1S/C25H38N4O3/c1-5-27(6-2)25(32)21-17-20(26-24(31)19-8-9-19)10-11-22(21)28-12-7-13-29(15-14-28)23(30)16-18(3)4/h10-11,17-19H,5-9,12-16H2,1-4H3,(H,26,31). The lowest BCUT2D eigenvalue weighted by Crippen LogP contribution is -2.37. The molecule has 176 valence electrons. The van der Waals surface area contributed by atoms with E-state index in [-0.39, 0.29) is 23.6 Å². The molecule has 1 aliphatic carbocycles. The van der Waals surface area contributed by atoms with Crippen LogP contribution in [0.2, 0.25) is 0 Å². The average molecular weight is 443 g/mol. The quantitative estimate of drug-likeness (QED) is 0.668. The Labute approximate surface area is 192 Å². The van der Waals surface area contributed by atoms with E-state index in [1.54, 1.807) is 0 Å². The van der Waals surface area contributed by atoms with Crippen molar-refractivity contribution in [3.8, 4) is 0 Å². The van der Waals surface area contributed by atoms with Gasteiger partial charge in [0.05, 0.1) is 5.56 Å². The van der Waals surface area contributed by atoms with Crippen LogP contribution in [0.25, 0.3) is 0 Å². The number of hydrogen-bond acceptors (Lipinski definition) is 4. The first kappa shape index (κ1) is 24.1. The van der Waals surface area contributed by atoms with Gasteiger partial charge in [-0.2, -0.15) is 0 Å². The fourth-order valence-electron chi connectivity index (χ4n) is 4.22. The number of benzene rings is 1. The van der Waals surface area contributed by atoms with E-state index < -0.39 is 0 Å². The Balaban J connectivity index is 1.82. The molecule has 7 nitrogen and oxygen atoms in total. The Hall–Kier alpha value is -2.57. The van der Waals surface area contributed by atoms with Crippen LogP contribution in [0.5, 0.6) is 0 Å². The van der Waals surface area contributed by atoms with Crippen molar-refractivity contribution in [2.75, 3.05) is 49.5 Å². The van der Waals surface area contributed by atoms with Gasteiger partial charge in [0.2, 0.25) is 11.8 Å². The molecule has 1 aromatic rings. The Morgan fingerprint density at radius 1 is 1.06 bits per heavy atom. The minimum absolute atomic E-state index is 0.0236.